The number of carbonyl (C=O) groups is 1. The molecule has 0 heterocycles. The Balaban J connectivity index is 2.44. The second-order valence-electron chi connectivity index (χ2n) is 5.81. The summed E-state index contributed by atoms with van der Waals surface area (Å²) in [6.07, 6.45) is 1.96. The van der Waals surface area contributed by atoms with Crippen LogP contribution in [0.25, 0.3) is 0 Å². The zero-order valence-corrected chi connectivity index (χ0v) is 14.7. The highest BCUT2D eigenvalue weighted by Gasteiger charge is 2.04. The molecule has 5 heteroatoms. The number of nitrogens with zero attached hydrogens (tertiary/aromatic N) is 1. The molecule has 0 bridgehead atoms. The summed E-state index contributed by atoms with van der Waals surface area (Å²) in [5, 5.41) is 6.59. The SMILES string of the molecule is CCNC(=NCCC(C)C)NCCc1ccc(C(=O)OC)cc1. The van der Waals surface area contributed by atoms with Crippen LogP contribution in [-0.4, -0.2) is 38.7 Å². The summed E-state index contributed by atoms with van der Waals surface area (Å²) in [5.74, 6) is 1.22. The molecule has 0 aliphatic heterocycles. The summed E-state index contributed by atoms with van der Waals surface area (Å²) < 4.78 is 4.69. The highest BCUT2D eigenvalue weighted by molar-refractivity contribution is 5.89. The summed E-state index contributed by atoms with van der Waals surface area (Å²) >= 11 is 0. The molecule has 0 spiro atoms. The summed E-state index contributed by atoms with van der Waals surface area (Å²) in [6, 6.07) is 7.50. The third-order valence-electron chi connectivity index (χ3n) is 3.40. The lowest BCUT2D eigenvalue weighted by atomic mass is 10.1. The lowest BCUT2D eigenvalue weighted by Crippen LogP contribution is -2.38. The number of methoxy groups -OCH3 is 1. The maximum Gasteiger partial charge on any atom is 0.337 e. The number of nitrogens with one attached hydrogen (secondary N) is 2. The topological polar surface area (TPSA) is 62.7 Å². The Morgan fingerprint density at radius 1 is 1.22 bits per heavy atom. The quantitative estimate of drug-likeness (QED) is 0.439. The molecule has 0 aliphatic rings. The molecule has 0 atom stereocenters. The Hall–Kier alpha value is -2.04. The van der Waals surface area contributed by atoms with E-state index in [1.165, 1.54) is 12.7 Å². The van der Waals surface area contributed by atoms with Crippen LogP contribution in [-0.2, 0) is 11.2 Å². The average Bonchev–Trinajstić information content (AvgIpc) is 2.54. The number of benzene rings is 1. The minimum absolute atomic E-state index is 0.304. The van der Waals surface area contributed by atoms with Crippen LogP contribution in [0.3, 0.4) is 0 Å². The number of hydrogen-bond acceptors (Lipinski definition) is 3. The van der Waals surface area contributed by atoms with Crippen molar-refractivity contribution in [1.29, 1.82) is 0 Å². The van der Waals surface area contributed by atoms with E-state index in [-0.39, 0.29) is 5.97 Å². The van der Waals surface area contributed by atoms with Gasteiger partial charge in [-0.25, -0.2) is 4.79 Å². The molecule has 5 nitrogen and oxygen atoms in total. The molecule has 0 saturated carbocycles. The largest absolute Gasteiger partial charge is 0.465 e. The van der Waals surface area contributed by atoms with Gasteiger partial charge in [-0.3, -0.25) is 4.99 Å². The number of guanidine groups is 1. The average molecular weight is 319 g/mol. The first-order chi connectivity index (χ1) is 11.1. The van der Waals surface area contributed by atoms with Crippen molar-refractivity contribution >= 4 is 11.9 Å². The first-order valence-electron chi connectivity index (χ1n) is 8.26. The molecule has 0 radical (unpaired) electrons. The fourth-order valence-electron chi connectivity index (χ4n) is 2.03. The van der Waals surface area contributed by atoms with E-state index in [9.17, 15) is 4.79 Å². The maximum absolute atomic E-state index is 11.4. The lowest BCUT2D eigenvalue weighted by molar-refractivity contribution is 0.0600. The molecule has 23 heavy (non-hydrogen) atoms. The molecule has 1 aromatic rings. The van der Waals surface area contributed by atoms with E-state index in [1.54, 1.807) is 12.1 Å². The monoisotopic (exact) mass is 319 g/mol. The molecular weight excluding hydrogens is 290 g/mol. The predicted octanol–water partition coefficient (Wildman–Crippen LogP) is 2.62. The van der Waals surface area contributed by atoms with Crippen molar-refractivity contribution in [2.24, 2.45) is 10.9 Å². The van der Waals surface area contributed by atoms with Gasteiger partial charge in [-0.15, -0.1) is 0 Å². The summed E-state index contributed by atoms with van der Waals surface area (Å²) in [5.41, 5.74) is 1.75. The van der Waals surface area contributed by atoms with E-state index in [4.69, 9.17) is 4.74 Å². The molecule has 0 unspecified atom stereocenters. The van der Waals surface area contributed by atoms with E-state index in [1.807, 2.05) is 12.1 Å². The van der Waals surface area contributed by atoms with Crippen LogP contribution in [0, 0.1) is 5.92 Å². The summed E-state index contributed by atoms with van der Waals surface area (Å²) in [6.45, 7) is 8.94. The van der Waals surface area contributed by atoms with Crippen molar-refractivity contribution in [2.75, 3.05) is 26.7 Å². The first kappa shape index (κ1) is 19.0. The third-order valence-corrected chi connectivity index (χ3v) is 3.40. The molecule has 0 saturated heterocycles. The van der Waals surface area contributed by atoms with E-state index in [2.05, 4.69) is 36.4 Å². The first-order valence-corrected chi connectivity index (χ1v) is 8.26. The van der Waals surface area contributed by atoms with Crippen molar-refractivity contribution < 1.29 is 9.53 Å². The smallest absolute Gasteiger partial charge is 0.337 e. The van der Waals surface area contributed by atoms with Crippen molar-refractivity contribution in [3.63, 3.8) is 0 Å². The Labute approximate surface area is 139 Å². The second-order valence-corrected chi connectivity index (χ2v) is 5.81. The predicted molar refractivity (Wildman–Crippen MR) is 94.9 cm³/mol. The number of aliphatic imine (C=N–C) groups is 1. The van der Waals surface area contributed by atoms with Crippen molar-refractivity contribution in [2.45, 2.75) is 33.6 Å². The van der Waals surface area contributed by atoms with Gasteiger partial charge >= 0.3 is 5.97 Å². The Bertz CT molecular complexity index is 495. The molecule has 0 aliphatic carbocycles. The Morgan fingerprint density at radius 3 is 2.48 bits per heavy atom. The van der Waals surface area contributed by atoms with E-state index in [0.717, 1.165) is 38.4 Å². The van der Waals surface area contributed by atoms with Crippen LogP contribution in [0.2, 0.25) is 0 Å². The fourth-order valence-corrected chi connectivity index (χ4v) is 2.03. The van der Waals surface area contributed by atoms with Gasteiger partial charge in [-0.1, -0.05) is 26.0 Å². The van der Waals surface area contributed by atoms with E-state index >= 15 is 0 Å². The Kier molecular flexibility index (Phi) is 8.80. The summed E-state index contributed by atoms with van der Waals surface area (Å²) in [4.78, 5) is 16.0. The molecule has 0 amide bonds. The molecule has 2 N–H and O–H groups in total. The number of carbonyl (C=O) groups excluding carboxylic acids is 1. The number of hydrogen-bond donors (Lipinski definition) is 2. The van der Waals surface area contributed by atoms with Crippen LogP contribution in [0.5, 0.6) is 0 Å². The maximum atomic E-state index is 11.4. The minimum Gasteiger partial charge on any atom is -0.465 e. The lowest BCUT2D eigenvalue weighted by Gasteiger charge is -2.12. The zero-order chi connectivity index (χ0) is 17.1. The van der Waals surface area contributed by atoms with Crippen molar-refractivity contribution in [3.05, 3.63) is 35.4 Å². The van der Waals surface area contributed by atoms with Crippen LogP contribution in [0.4, 0.5) is 0 Å². The molecule has 0 aromatic heterocycles. The van der Waals surface area contributed by atoms with Crippen molar-refractivity contribution in [3.8, 4) is 0 Å². The second kappa shape index (κ2) is 10.6. The van der Waals surface area contributed by atoms with Gasteiger partial charge in [-0.2, -0.15) is 0 Å². The van der Waals surface area contributed by atoms with Gasteiger partial charge < -0.3 is 15.4 Å². The normalized spacial score (nSPS) is 11.4. The molecule has 128 valence electrons. The van der Waals surface area contributed by atoms with Gasteiger partial charge in [0.2, 0.25) is 0 Å². The molecule has 0 fully saturated rings. The molecular formula is C18H29N3O2. The van der Waals surface area contributed by atoms with Gasteiger partial charge in [0.25, 0.3) is 0 Å². The van der Waals surface area contributed by atoms with Gasteiger partial charge in [0.15, 0.2) is 5.96 Å². The number of ether oxygens (including phenoxy) is 1. The molecule has 1 aromatic carbocycles. The van der Waals surface area contributed by atoms with Gasteiger partial charge in [0, 0.05) is 19.6 Å². The van der Waals surface area contributed by atoms with Crippen molar-refractivity contribution in [1.82, 2.24) is 10.6 Å². The highest BCUT2D eigenvalue weighted by Crippen LogP contribution is 2.06. The third kappa shape index (κ3) is 7.68. The molecule has 1 rings (SSSR count). The van der Waals surface area contributed by atoms with Crippen LogP contribution >= 0.6 is 0 Å². The van der Waals surface area contributed by atoms with E-state index in [0.29, 0.717) is 11.5 Å². The minimum atomic E-state index is -0.304. The van der Waals surface area contributed by atoms with Crippen LogP contribution in [0.15, 0.2) is 29.3 Å². The van der Waals surface area contributed by atoms with Crippen LogP contribution < -0.4 is 10.6 Å². The standard InChI is InChI=1S/C18H29N3O2/c1-5-19-18(20-12-10-14(2)3)21-13-11-15-6-8-16(9-7-15)17(22)23-4/h6-9,14H,5,10-13H2,1-4H3,(H2,19,20,21). The van der Waals surface area contributed by atoms with E-state index < -0.39 is 0 Å². The van der Waals surface area contributed by atoms with Gasteiger partial charge in [0.05, 0.1) is 12.7 Å². The van der Waals surface area contributed by atoms with Gasteiger partial charge in [0.1, 0.15) is 0 Å². The van der Waals surface area contributed by atoms with Crippen LogP contribution in [0.1, 0.15) is 43.1 Å². The number of esters is 1. The van der Waals surface area contributed by atoms with Gasteiger partial charge in [-0.05, 0) is 43.4 Å². The Morgan fingerprint density at radius 2 is 1.91 bits per heavy atom. The highest BCUT2D eigenvalue weighted by atomic mass is 16.5. The zero-order valence-electron chi connectivity index (χ0n) is 14.7. The fraction of sp³-hybridized carbons (Fsp3) is 0.556. The number of rotatable bonds is 8. The summed E-state index contributed by atoms with van der Waals surface area (Å²) in [7, 11) is 1.39.